The van der Waals surface area contributed by atoms with Gasteiger partial charge in [0.1, 0.15) is 0 Å². The summed E-state index contributed by atoms with van der Waals surface area (Å²) in [5.41, 5.74) is -1.73. The second-order valence-electron chi connectivity index (χ2n) is 11.1. The van der Waals surface area contributed by atoms with Gasteiger partial charge in [0.2, 0.25) is 0 Å². The Kier molecular flexibility index (Phi) is 12.2. The first-order valence-electron chi connectivity index (χ1n) is 14.5. The molecule has 4 N–H and O–H groups in total. The number of likely N-dealkylation sites (tertiary alicyclic amines) is 1. The minimum atomic E-state index is -1.65. The molecule has 3 atom stereocenters. The summed E-state index contributed by atoms with van der Waals surface area (Å²) >= 11 is 0. The molecule has 2 aliphatic rings. The van der Waals surface area contributed by atoms with Crippen LogP contribution in [0.1, 0.15) is 76.2 Å². The number of urea groups is 1. The molecule has 220 valence electrons. The lowest BCUT2D eigenvalue weighted by Crippen LogP contribution is -2.49. The third kappa shape index (κ3) is 8.76. The standard InChI is InChI=1S/C29H46F2N4O4/c1-32-20-23(19-21-9-4-3-5-10-21)34-27(36)35-17-7-11-22(14-18-35)29(38,15-8-16-33-28(37)39-2)24-12-6-13-25(30)26(24)31/h6,12-13,21-23,32,38H,3-5,7-11,14-20H2,1-2H3,(H,33,37)(H,34,36)/t22-,23+,29+/m1/s1. The maximum atomic E-state index is 15.0. The number of aliphatic hydroxyl groups is 1. The molecular weight excluding hydrogens is 506 g/mol. The lowest BCUT2D eigenvalue weighted by atomic mass is 9.74. The Balaban J connectivity index is 1.67. The number of carbonyl (C=O) groups is 2. The molecule has 0 aromatic heterocycles. The van der Waals surface area contributed by atoms with Gasteiger partial charge in [-0.25, -0.2) is 18.4 Å². The van der Waals surface area contributed by atoms with Gasteiger partial charge in [-0.2, -0.15) is 0 Å². The van der Waals surface area contributed by atoms with E-state index in [-0.39, 0.29) is 36.5 Å². The van der Waals surface area contributed by atoms with Gasteiger partial charge in [-0.15, -0.1) is 0 Å². The molecule has 1 saturated heterocycles. The molecule has 0 bridgehead atoms. The van der Waals surface area contributed by atoms with Crippen molar-refractivity contribution in [1.82, 2.24) is 20.9 Å². The summed E-state index contributed by atoms with van der Waals surface area (Å²) in [6.45, 7) is 1.87. The molecule has 1 aliphatic carbocycles. The van der Waals surface area contributed by atoms with Crippen LogP contribution in [0.4, 0.5) is 18.4 Å². The number of ether oxygens (including phenoxy) is 1. The van der Waals surface area contributed by atoms with Crippen LogP contribution in [0.5, 0.6) is 0 Å². The maximum Gasteiger partial charge on any atom is 0.406 e. The number of nitrogens with zero attached hydrogens (tertiary/aromatic N) is 1. The van der Waals surface area contributed by atoms with Crippen LogP contribution in [0, 0.1) is 23.5 Å². The fraction of sp³-hybridized carbons (Fsp3) is 0.724. The number of likely N-dealkylation sites (N-methyl/N-ethyl adjacent to an activating group) is 1. The smallest absolute Gasteiger partial charge is 0.406 e. The maximum absolute atomic E-state index is 15.0. The Hall–Kier alpha value is -2.46. The average Bonchev–Trinajstić information content (AvgIpc) is 3.20. The summed E-state index contributed by atoms with van der Waals surface area (Å²) in [7, 11) is 3.15. The van der Waals surface area contributed by atoms with Crippen molar-refractivity contribution in [1.29, 1.82) is 0 Å². The molecule has 0 spiro atoms. The molecule has 39 heavy (non-hydrogen) atoms. The normalized spacial score (nSPS) is 20.9. The average molecular weight is 553 g/mol. The van der Waals surface area contributed by atoms with Gasteiger partial charge in [-0.05, 0) is 63.5 Å². The molecular formula is C29H46F2N4O4. The minimum Gasteiger partial charge on any atom is -0.453 e. The summed E-state index contributed by atoms with van der Waals surface area (Å²) in [6, 6.07) is 3.79. The van der Waals surface area contributed by atoms with E-state index in [4.69, 9.17) is 0 Å². The highest BCUT2D eigenvalue weighted by atomic mass is 19.2. The van der Waals surface area contributed by atoms with Crippen molar-refractivity contribution in [2.45, 2.75) is 82.3 Å². The van der Waals surface area contributed by atoms with Gasteiger partial charge in [-0.3, -0.25) is 0 Å². The summed E-state index contributed by atoms with van der Waals surface area (Å²) in [5.74, 6) is -1.82. The zero-order valence-electron chi connectivity index (χ0n) is 23.4. The van der Waals surface area contributed by atoms with Gasteiger partial charge < -0.3 is 30.7 Å². The number of methoxy groups -OCH3 is 1. The minimum absolute atomic E-state index is 0.0466. The second-order valence-corrected chi connectivity index (χ2v) is 11.1. The van der Waals surface area contributed by atoms with Gasteiger partial charge >= 0.3 is 12.1 Å². The number of benzene rings is 1. The summed E-state index contributed by atoms with van der Waals surface area (Å²) in [6.07, 6.45) is 8.71. The van der Waals surface area contributed by atoms with Crippen LogP contribution in [0.15, 0.2) is 18.2 Å². The van der Waals surface area contributed by atoms with Gasteiger partial charge in [-0.1, -0.05) is 44.2 Å². The molecule has 10 heteroatoms. The van der Waals surface area contributed by atoms with E-state index >= 15 is 0 Å². The molecule has 3 rings (SSSR count). The molecule has 1 heterocycles. The number of hydrogen-bond acceptors (Lipinski definition) is 5. The van der Waals surface area contributed by atoms with Crippen molar-refractivity contribution >= 4 is 12.1 Å². The molecule has 1 aromatic rings. The zero-order valence-corrected chi connectivity index (χ0v) is 23.4. The van der Waals surface area contributed by atoms with E-state index in [2.05, 4.69) is 20.7 Å². The Morgan fingerprint density at radius 1 is 1.13 bits per heavy atom. The quantitative estimate of drug-likeness (QED) is 0.299. The number of nitrogens with one attached hydrogen (secondary N) is 3. The van der Waals surface area contributed by atoms with Crippen LogP contribution >= 0.6 is 0 Å². The fourth-order valence-electron chi connectivity index (χ4n) is 6.33. The molecule has 1 aliphatic heterocycles. The van der Waals surface area contributed by atoms with E-state index in [0.717, 1.165) is 12.5 Å². The number of carbonyl (C=O) groups excluding carboxylic acids is 2. The summed E-state index contributed by atoms with van der Waals surface area (Å²) in [4.78, 5) is 26.5. The third-order valence-electron chi connectivity index (χ3n) is 8.42. The Labute approximate surface area is 231 Å². The largest absolute Gasteiger partial charge is 0.453 e. The van der Waals surface area contributed by atoms with Crippen molar-refractivity contribution in [2.24, 2.45) is 11.8 Å². The molecule has 1 saturated carbocycles. The highest BCUT2D eigenvalue weighted by Gasteiger charge is 2.41. The SMILES string of the molecule is CNC[C@H](CC1CCCCC1)NC(=O)N1CCC[C@@H]([C@@](O)(CCCNC(=O)OC)c2cccc(F)c2F)CC1. The third-order valence-corrected chi connectivity index (χ3v) is 8.42. The molecule has 0 radical (unpaired) electrons. The lowest BCUT2D eigenvalue weighted by molar-refractivity contribution is -0.0423. The second kappa shape index (κ2) is 15.4. The van der Waals surface area contributed by atoms with E-state index in [1.807, 2.05) is 7.05 Å². The van der Waals surface area contributed by atoms with Gasteiger partial charge in [0.25, 0.3) is 0 Å². The Morgan fingerprint density at radius 2 is 1.90 bits per heavy atom. The van der Waals surface area contributed by atoms with Crippen molar-refractivity contribution in [2.75, 3.05) is 40.3 Å². The van der Waals surface area contributed by atoms with Crippen molar-refractivity contribution in [3.05, 3.63) is 35.4 Å². The zero-order chi connectivity index (χ0) is 28.3. The monoisotopic (exact) mass is 552 g/mol. The van der Waals surface area contributed by atoms with Crippen LogP contribution in [-0.4, -0.2) is 68.5 Å². The van der Waals surface area contributed by atoms with Gasteiger partial charge in [0.05, 0.1) is 12.7 Å². The number of amides is 3. The van der Waals surface area contributed by atoms with E-state index in [1.54, 1.807) is 4.90 Å². The van der Waals surface area contributed by atoms with E-state index in [9.17, 15) is 23.5 Å². The van der Waals surface area contributed by atoms with E-state index < -0.39 is 23.3 Å². The van der Waals surface area contributed by atoms with Crippen LogP contribution in [-0.2, 0) is 10.3 Å². The van der Waals surface area contributed by atoms with Crippen LogP contribution in [0.25, 0.3) is 0 Å². The molecule has 1 aromatic carbocycles. The lowest BCUT2D eigenvalue weighted by Gasteiger charge is -2.37. The predicted octanol–water partition coefficient (Wildman–Crippen LogP) is 4.66. The first kappa shape index (κ1) is 31.1. The fourth-order valence-corrected chi connectivity index (χ4v) is 6.33. The highest BCUT2D eigenvalue weighted by molar-refractivity contribution is 5.74. The van der Waals surface area contributed by atoms with E-state index in [1.165, 1.54) is 51.3 Å². The number of rotatable bonds is 11. The molecule has 2 fully saturated rings. The predicted molar refractivity (Wildman–Crippen MR) is 146 cm³/mol. The summed E-state index contributed by atoms with van der Waals surface area (Å²) < 4.78 is 33.7. The molecule has 8 nitrogen and oxygen atoms in total. The highest BCUT2D eigenvalue weighted by Crippen LogP contribution is 2.41. The van der Waals surface area contributed by atoms with Crippen molar-refractivity contribution in [3.8, 4) is 0 Å². The van der Waals surface area contributed by atoms with Gasteiger partial charge in [0, 0.05) is 37.8 Å². The first-order valence-corrected chi connectivity index (χ1v) is 14.5. The molecule has 0 unspecified atom stereocenters. The first-order chi connectivity index (χ1) is 18.8. The van der Waals surface area contributed by atoms with Crippen LogP contribution in [0.2, 0.25) is 0 Å². The topological polar surface area (TPSA) is 103 Å². The van der Waals surface area contributed by atoms with Gasteiger partial charge in [0.15, 0.2) is 11.6 Å². The van der Waals surface area contributed by atoms with Crippen LogP contribution in [0.3, 0.4) is 0 Å². The summed E-state index contributed by atoms with van der Waals surface area (Å²) in [5, 5.41) is 20.9. The van der Waals surface area contributed by atoms with E-state index in [0.29, 0.717) is 51.2 Å². The van der Waals surface area contributed by atoms with Crippen molar-refractivity contribution in [3.63, 3.8) is 0 Å². The Morgan fingerprint density at radius 3 is 2.62 bits per heavy atom. The number of hydrogen-bond donors (Lipinski definition) is 4. The number of alkyl carbamates (subject to hydrolysis) is 1. The Bertz CT molecular complexity index is 931. The van der Waals surface area contributed by atoms with Crippen LogP contribution < -0.4 is 16.0 Å². The van der Waals surface area contributed by atoms with Crippen molar-refractivity contribution < 1.29 is 28.2 Å². The molecule has 3 amide bonds. The number of halogens is 2.